The molecule has 5 heterocycles. The van der Waals surface area contributed by atoms with Crippen molar-refractivity contribution in [1.82, 2.24) is 30.2 Å². The van der Waals surface area contributed by atoms with E-state index in [4.69, 9.17) is 9.97 Å². The maximum atomic E-state index is 5.28. The van der Waals surface area contributed by atoms with Gasteiger partial charge in [-0.1, -0.05) is 20.3 Å². The summed E-state index contributed by atoms with van der Waals surface area (Å²) in [4.78, 5) is 25.5. The lowest BCUT2D eigenvalue weighted by Gasteiger charge is -2.40. The first-order valence-corrected chi connectivity index (χ1v) is 12.5. The number of hydrogen-bond acceptors (Lipinski definition) is 6. The van der Waals surface area contributed by atoms with Crippen molar-refractivity contribution in [3.8, 4) is 11.4 Å². The van der Waals surface area contributed by atoms with Gasteiger partial charge in [0.05, 0.1) is 11.7 Å². The summed E-state index contributed by atoms with van der Waals surface area (Å²) in [7, 11) is 0. The second-order valence-electron chi connectivity index (χ2n) is 10.9. The molecular weight excluding hydrogens is 422 g/mol. The second-order valence-corrected chi connectivity index (χ2v) is 10.9. The van der Waals surface area contributed by atoms with Gasteiger partial charge in [-0.15, -0.1) is 0 Å². The Labute approximate surface area is 200 Å². The molecule has 2 N–H and O–H groups in total. The van der Waals surface area contributed by atoms with E-state index >= 15 is 0 Å². The summed E-state index contributed by atoms with van der Waals surface area (Å²) in [5.74, 6) is 2.75. The number of pyridine rings is 2. The molecule has 0 radical (unpaired) electrons. The van der Waals surface area contributed by atoms with Gasteiger partial charge in [-0.2, -0.15) is 0 Å². The van der Waals surface area contributed by atoms with Crippen molar-refractivity contribution in [3.05, 3.63) is 42.0 Å². The lowest BCUT2D eigenvalue weighted by molar-refractivity contribution is 0.352. The Morgan fingerprint density at radius 1 is 1.15 bits per heavy atom. The fourth-order valence-electron chi connectivity index (χ4n) is 5.34. The summed E-state index contributed by atoms with van der Waals surface area (Å²) in [5.41, 5.74) is 5.34. The molecule has 1 aliphatic heterocycles. The van der Waals surface area contributed by atoms with E-state index in [0.29, 0.717) is 11.8 Å². The van der Waals surface area contributed by atoms with Crippen molar-refractivity contribution >= 4 is 27.8 Å². The van der Waals surface area contributed by atoms with Crippen molar-refractivity contribution in [1.29, 1.82) is 0 Å². The maximum absolute atomic E-state index is 5.28. The molecular formula is C27H33N7. The number of piperazine rings is 1. The molecule has 1 saturated carbocycles. The molecule has 0 amide bonds. The van der Waals surface area contributed by atoms with Gasteiger partial charge < -0.3 is 15.2 Å². The predicted molar refractivity (Wildman–Crippen MR) is 137 cm³/mol. The van der Waals surface area contributed by atoms with E-state index in [-0.39, 0.29) is 5.54 Å². The summed E-state index contributed by atoms with van der Waals surface area (Å²) < 4.78 is 0. The molecule has 34 heavy (non-hydrogen) atoms. The minimum atomic E-state index is 0.0239. The Bertz CT molecular complexity index is 1370. The summed E-state index contributed by atoms with van der Waals surface area (Å²) in [6.07, 6.45) is 9.55. The van der Waals surface area contributed by atoms with Crippen LogP contribution in [0.1, 0.15) is 70.1 Å². The van der Waals surface area contributed by atoms with Gasteiger partial charge in [0.1, 0.15) is 11.5 Å². The molecule has 176 valence electrons. The number of rotatable bonds is 4. The van der Waals surface area contributed by atoms with E-state index in [0.717, 1.165) is 53.4 Å². The molecule has 0 spiro atoms. The molecule has 0 bridgehead atoms. The van der Waals surface area contributed by atoms with E-state index < -0.39 is 0 Å². The van der Waals surface area contributed by atoms with Gasteiger partial charge in [0.25, 0.3) is 0 Å². The zero-order valence-electron chi connectivity index (χ0n) is 20.5. The van der Waals surface area contributed by atoms with Gasteiger partial charge in [0.2, 0.25) is 0 Å². The molecule has 6 rings (SSSR count). The Morgan fingerprint density at radius 3 is 2.74 bits per heavy atom. The highest BCUT2D eigenvalue weighted by Crippen LogP contribution is 2.42. The highest BCUT2D eigenvalue weighted by molar-refractivity contribution is 5.97. The first-order valence-electron chi connectivity index (χ1n) is 12.5. The third-order valence-electron chi connectivity index (χ3n) is 7.45. The van der Waals surface area contributed by atoms with Gasteiger partial charge in [-0.25, -0.2) is 15.0 Å². The number of H-pyrrole nitrogens is 1. The molecule has 1 aliphatic carbocycles. The van der Waals surface area contributed by atoms with E-state index in [2.05, 4.69) is 65.1 Å². The maximum Gasteiger partial charge on any atom is 0.163 e. The van der Waals surface area contributed by atoms with Crippen LogP contribution in [0.5, 0.6) is 0 Å². The minimum Gasteiger partial charge on any atom is -0.353 e. The molecule has 0 atom stereocenters. The van der Waals surface area contributed by atoms with Crippen molar-refractivity contribution in [2.75, 3.05) is 24.5 Å². The summed E-state index contributed by atoms with van der Waals surface area (Å²) >= 11 is 0. The number of fused-ring (bicyclic) bond motifs is 2. The molecule has 1 saturated heterocycles. The van der Waals surface area contributed by atoms with Crippen LogP contribution in [0.4, 0.5) is 5.82 Å². The van der Waals surface area contributed by atoms with Crippen molar-refractivity contribution in [3.63, 3.8) is 0 Å². The number of nitrogens with zero attached hydrogens (tertiary/aromatic N) is 5. The van der Waals surface area contributed by atoms with Gasteiger partial charge in [-0.05, 0) is 56.2 Å². The van der Waals surface area contributed by atoms with Crippen LogP contribution in [0.3, 0.4) is 0 Å². The Morgan fingerprint density at radius 2 is 2.00 bits per heavy atom. The normalized spacial score (nSPS) is 18.7. The highest BCUT2D eigenvalue weighted by Gasteiger charge is 2.31. The van der Waals surface area contributed by atoms with E-state index in [1.165, 1.54) is 35.9 Å². The van der Waals surface area contributed by atoms with Gasteiger partial charge in [0.15, 0.2) is 5.82 Å². The quantitative estimate of drug-likeness (QED) is 0.443. The minimum absolute atomic E-state index is 0.0239. The highest BCUT2D eigenvalue weighted by atomic mass is 15.3. The van der Waals surface area contributed by atoms with Crippen LogP contribution in [-0.2, 0) is 0 Å². The smallest absolute Gasteiger partial charge is 0.163 e. The van der Waals surface area contributed by atoms with Gasteiger partial charge >= 0.3 is 0 Å². The molecule has 0 unspecified atom stereocenters. The van der Waals surface area contributed by atoms with Crippen LogP contribution in [0, 0.1) is 0 Å². The largest absolute Gasteiger partial charge is 0.353 e. The molecule has 2 aliphatic rings. The zero-order chi connectivity index (χ0) is 23.4. The Hall–Kier alpha value is -3.06. The van der Waals surface area contributed by atoms with Crippen LogP contribution in [0.25, 0.3) is 33.3 Å². The van der Waals surface area contributed by atoms with Crippen LogP contribution < -0.4 is 10.2 Å². The Balaban J connectivity index is 1.58. The van der Waals surface area contributed by atoms with E-state index in [9.17, 15) is 0 Å². The van der Waals surface area contributed by atoms with Crippen molar-refractivity contribution in [2.45, 2.75) is 64.3 Å². The number of aromatic nitrogens is 5. The number of hydrogen-bond donors (Lipinski definition) is 2. The standard InChI is InChI=1S/C27H33N7/c1-16(2)21-12-19-18(8-9-29-24(19)31-21)25-32-22-14-28-13-20(17-6-5-7-17)23(22)26(33-25)34-11-10-30-27(3,4)15-34/h8-9,12-14,16-17,30H,5-7,10-11,15H2,1-4H3,(H,29,31). The van der Waals surface area contributed by atoms with Crippen LogP contribution in [0.2, 0.25) is 0 Å². The predicted octanol–water partition coefficient (Wildman–Crippen LogP) is 5.15. The monoisotopic (exact) mass is 455 g/mol. The fourth-order valence-corrected chi connectivity index (χ4v) is 5.34. The van der Waals surface area contributed by atoms with Crippen molar-refractivity contribution < 1.29 is 0 Å². The topological polar surface area (TPSA) is 82.6 Å². The lowest BCUT2D eigenvalue weighted by atomic mass is 9.79. The zero-order valence-corrected chi connectivity index (χ0v) is 20.5. The molecule has 7 nitrogen and oxygen atoms in total. The van der Waals surface area contributed by atoms with E-state index in [1.54, 1.807) is 0 Å². The molecule has 4 aromatic heterocycles. The third-order valence-corrected chi connectivity index (χ3v) is 7.45. The van der Waals surface area contributed by atoms with Crippen LogP contribution in [0.15, 0.2) is 30.7 Å². The average molecular weight is 456 g/mol. The SMILES string of the molecule is CC(C)c1cc2c(-c3nc(N4CCNC(C)(C)C4)c4c(C5CCC5)cncc4n3)ccnc2[nH]1. The summed E-state index contributed by atoms with van der Waals surface area (Å²) in [6, 6.07) is 4.24. The second kappa shape index (κ2) is 8.01. The number of nitrogens with one attached hydrogen (secondary N) is 2. The van der Waals surface area contributed by atoms with Gasteiger partial charge in [-0.3, -0.25) is 4.98 Å². The molecule has 2 fully saturated rings. The number of aromatic amines is 1. The Kier molecular flexibility index (Phi) is 5.06. The van der Waals surface area contributed by atoms with Crippen molar-refractivity contribution in [2.24, 2.45) is 0 Å². The van der Waals surface area contributed by atoms with Crippen LogP contribution >= 0.6 is 0 Å². The summed E-state index contributed by atoms with van der Waals surface area (Å²) in [6.45, 7) is 11.7. The molecule has 7 heteroatoms. The lowest BCUT2D eigenvalue weighted by Crippen LogP contribution is -2.57. The first-order chi connectivity index (χ1) is 16.4. The average Bonchev–Trinajstić information content (AvgIpc) is 3.21. The number of anilines is 1. The third kappa shape index (κ3) is 3.63. The molecule has 0 aromatic carbocycles. The first kappa shape index (κ1) is 21.5. The fraction of sp³-hybridized carbons (Fsp3) is 0.481. The molecule has 4 aromatic rings. The summed E-state index contributed by atoms with van der Waals surface area (Å²) in [5, 5.41) is 5.89. The van der Waals surface area contributed by atoms with Gasteiger partial charge in [0, 0.05) is 59.6 Å². The van der Waals surface area contributed by atoms with Crippen LogP contribution in [-0.4, -0.2) is 50.1 Å². The van der Waals surface area contributed by atoms with E-state index in [1.807, 2.05) is 18.5 Å².